The Bertz CT molecular complexity index is 894. The van der Waals surface area contributed by atoms with Crippen LogP contribution < -0.4 is 10.1 Å². The van der Waals surface area contributed by atoms with E-state index in [1.807, 2.05) is 37.3 Å². The van der Waals surface area contributed by atoms with Gasteiger partial charge < -0.3 is 19.7 Å². The Hall–Kier alpha value is -3.61. The van der Waals surface area contributed by atoms with Crippen molar-refractivity contribution in [2.45, 2.75) is 26.4 Å². The molecule has 0 aromatic heterocycles. The lowest BCUT2D eigenvalue weighted by Crippen LogP contribution is -2.41. The minimum atomic E-state index is -0.884. The molecule has 164 valence electrons. The first-order chi connectivity index (χ1) is 14.9. The summed E-state index contributed by atoms with van der Waals surface area (Å²) in [7, 11) is 1.58. The average Bonchev–Trinajstić information content (AvgIpc) is 2.80. The van der Waals surface area contributed by atoms with Crippen LogP contribution in [0.1, 0.15) is 25.0 Å². The molecule has 31 heavy (non-hydrogen) atoms. The molecule has 0 aliphatic heterocycles. The van der Waals surface area contributed by atoms with Crippen molar-refractivity contribution in [1.29, 1.82) is 0 Å². The van der Waals surface area contributed by atoms with E-state index in [1.54, 1.807) is 42.4 Å². The van der Waals surface area contributed by atoms with Crippen molar-refractivity contribution in [2.75, 3.05) is 20.3 Å². The molecule has 1 N–H and O–H groups in total. The van der Waals surface area contributed by atoms with Crippen molar-refractivity contribution in [3.63, 3.8) is 0 Å². The number of hydrogen-bond acceptors (Lipinski definition) is 5. The van der Waals surface area contributed by atoms with Gasteiger partial charge in [0, 0.05) is 19.2 Å². The molecule has 0 aliphatic rings. The predicted octanol–water partition coefficient (Wildman–Crippen LogP) is 2.81. The summed E-state index contributed by atoms with van der Waals surface area (Å²) >= 11 is 0. The number of methoxy groups -OCH3 is 1. The second-order valence-electron chi connectivity index (χ2n) is 6.84. The lowest BCUT2D eigenvalue weighted by molar-refractivity contribution is -0.154. The summed E-state index contributed by atoms with van der Waals surface area (Å²) in [6.07, 6.45) is 2.95. The first kappa shape index (κ1) is 23.7. The number of ether oxygens (including phenoxy) is 2. The molecule has 0 unspecified atom stereocenters. The zero-order valence-corrected chi connectivity index (χ0v) is 18.0. The summed E-state index contributed by atoms with van der Waals surface area (Å²) in [6.45, 7) is 3.93. The van der Waals surface area contributed by atoms with Crippen LogP contribution >= 0.6 is 0 Å². The van der Waals surface area contributed by atoms with Crippen LogP contribution in [0.3, 0.4) is 0 Å². The van der Waals surface area contributed by atoms with Gasteiger partial charge in [-0.2, -0.15) is 0 Å². The molecule has 0 radical (unpaired) electrons. The molecule has 2 rings (SSSR count). The number of hydrogen-bond donors (Lipinski definition) is 1. The van der Waals surface area contributed by atoms with E-state index in [-0.39, 0.29) is 12.5 Å². The zero-order valence-electron chi connectivity index (χ0n) is 18.0. The van der Waals surface area contributed by atoms with Gasteiger partial charge in [-0.05, 0) is 43.2 Å². The standard InChI is InChI=1S/C24H28N2O5/c1-4-26(16-20-8-6-5-7-9-20)23(28)17-31-24(29)18(2)25-22(27)15-12-19-10-13-21(30-3)14-11-19/h5-15,18H,4,16-17H2,1-3H3,(H,25,27)/b15-12+/t18-/m0/s1. The van der Waals surface area contributed by atoms with Gasteiger partial charge >= 0.3 is 5.97 Å². The van der Waals surface area contributed by atoms with Crippen LogP contribution in [0, 0.1) is 0 Å². The lowest BCUT2D eigenvalue weighted by atomic mass is 10.2. The van der Waals surface area contributed by atoms with E-state index in [4.69, 9.17) is 9.47 Å². The van der Waals surface area contributed by atoms with Gasteiger partial charge in [0.1, 0.15) is 11.8 Å². The number of rotatable bonds is 10. The summed E-state index contributed by atoms with van der Waals surface area (Å²) in [6, 6.07) is 15.9. The summed E-state index contributed by atoms with van der Waals surface area (Å²) < 4.78 is 10.2. The van der Waals surface area contributed by atoms with Gasteiger partial charge in [-0.3, -0.25) is 9.59 Å². The molecule has 0 saturated carbocycles. The Morgan fingerprint density at radius 1 is 1.06 bits per heavy atom. The summed E-state index contributed by atoms with van der Waals surface area (Å²) in [5.74, 6) is -0.684. The number of carbonyl (C=O) groups excluding carboxylic acids is 3. The number of benzene rings is 2. The Morgan fingerprint density at radius 2 is 1.74 bits per heavy atom. The maximum atomic E-state index is 12.4. The van der Waals surface area contributed by atoms with E-state index in [0.717, 1.165) is 16.9 Å². The highest BCUT2D eigenvalue weighted by Crippen LogP contribution is 2.12. The number of nitrogens with one attached hydrogen (secondary N) is 1. The van der Waals surface area contributed by atoms with Crippen molar-refractivity contribution in [2.24, 2.45) is 0 Å². The molecule has 2 aromatic carbocycles. The minimum Gasteiger partial charge on any atom is -0.497 e. The summed E-state index contributed by atoms with van der Waals surface area (Å²) in [4.78, 5) is 38.2. The van der Waals surface area contributed by atoms with Crippen LogP contribution in [0.2, 0.25) is 0 Å². The Labute approximate surface area is 182 Å². The van der Waals surface area contributed by atoms with Crippen LogP contribution in [-0.2, 0) is 25.7 Å². The van der Waals surface area contributed by atoms with Gasteiger partial charge in [0.05, 0.1) is 7.11 Å². The lowest BCUT2D eigenvalue weighted by Gasteiger charge is -2.21. The first-order valence-corrected chi connectivity index (χ1v) is 10.0. The fourth-order valence-electron chi connectivity index (χ4n) is 2.74. The SMILES string of the molecule is CCN(Cc1ccccc1)C(=O)COC(=O)[C@H](C)NC(=O)/C=C/c1ccc(OC)cc1. The third-order valence-corrected chi connectivity index (χ3v) is 4.54. The molecule has 7 nitrogen and oxygen atoms in total. The van der Waals surface area contributed by atoms with Gasteiger partial charge in [-0.1, -0.05) is 42.5 Å². The fraction of sp³-hybridized carbons (Fsp3) is 0.292. The summed E-state index contributed by atoms with van der Waals surface area (Å²) in [5.41, 5.74) is 1.81. The molecule has 0 heterocycles. The molecular formula is C24H28N2O5. The van der Waals surface area contributed by atoms with E-state index in [9.17, 15) is 14.4 Å². The number of nitrogens with zero attached hydrogens (tertiary/aromatic N) is 1. The molecule has 0 aliphatic carbocycles. The van der Waals surface area contributed by atoms with E-state index in [1.165, 1.54) is 13.0 Å². The molecule has 1 atom stereocenters. The van der Waals surface area contributed by atoms with Gasteiger partial charge in [0.2, 0.25) is 5.91 Å². The summed E-state index contributed by atoms with van der Waals surface area (Å²) in [5, 5.41) is 2.53. The van der Waals surface area contributed by atoms with E-state index < -0.39 is 17.9 Å². The quantitative estimate of drug-likeness (QED) is 0.468. The minimum absolute atomic E-state index is 0.294. The smallest absolute Gasteiger partial charge is 0.328 e. The maximum absolute atomic E-state index is 12.4. The number of likely N-dealkylation sites (N-methyl/N-ethyl adjacent to an activating group) is 1. The second kappa shape index (κ2) is 12.2. The highest BCUT2D eigenvalue weighted by Gasteiger charge is 2.19. The predicted molar refractivity (Wildman–Crippen MR) is 118 cm³/mol. The van der Waals surface area contributed by atoms with Crippen molar-refractivity contribution in [1.82, 2.24) is 10.2 Å². The van der Waals surface area contributed by atoms with Gasteiger partial charge in [-0.15, -0.1) is 0 Å². The van der Waals surface area contributed by atoms with Crippen LogP contribution in [0.25, 0.3) is 6.08 Å². The van der Waals surface area contributed by atoms with Gasteiger partial charge in [-0.25, -0.2) is 4.79 Å². The molecule has 2 aromatic rings. The molecule has 0 bridgehead atoms. The Balaban J connectivity index is 1.79. The fourth-order valence-corrected chi connectivity index (χ4v) is 2.74. The molecule has 0 saturated heterocycles. The molecule has 2 amide bonds. The van der Waals surface area contributed by atoms with E-state index in [2.05, 4.69) is 5.32 Å². The van der Waals surface area contributed by atoms with Crippen LogP contribution in [0.15, 0.2) is 60.7 Å². The Kier molecular flexibility index (Phi) is 9.29. The molecular weight excluding hydrogens is 396 g/mol. The second-order valence-corrected chi connectivity index (χ2v) is 6.84. The third-order valence-electron chi connectivity index (χ3n) is 4.54. The van der Waals surface area contributed by atoms with Crippen molar-refractivity contribution in [3.05, 3.63) is 71.8 Å². The Morgan fingerprint density at radius 3 is 2.35 bits per heavy atom. The number of amides is 2. The molecule has 0 spiro atoms. The van der Waals surface area contributed by atoms with E-state index >= 15 is 0 Å². The van der Waals surface area contributed by atoms with Crippen LogP contribution in [0.4, 0.5) is 0 Å². The first-order valence-electron chi connectivity index (χ1n) is 10.0. The van der Waals surface area contributed by atoms with Crippen molar-refractivity contribution < 1.29 is 23.9 Å². The number of esters is 1. The largest absolute Gasteiger partial charge is 0.497 e. The highest BCUT2D eigenvalue weighted by molar-refractivity contribution is 5.94. The molecule has 0 fully saturated rings. The zero-order chi connectivity index (χ0) is 22.6. The van der Waals surface area contributed by atoms with Gasteiger partial charge in [0.25, 0.3) is 5.91 Å². The molecule has 7 heteroatoms. The third kappa shape index (κ3) is 7.97. The normalized spacial score (nSPS) is 11.6. The van der Waals surface area contributed by atoms with Crippen molar-refractivity contribution >= 4 is 23.9 Å². The van der Waals surface area contributed by atoms with Crippen LogP contribution in [-0.4, -0.2) is 49.0 Å². The number of carbonyl (C=O) groups is 3. The average molecular weight is 424 g/mol. The van der Waals surface area contributed by atoms with Gasteiger partial charge in [0.15, 0.2) is 6.61 Å². The highest BCUT2D eigenvalue weighted by atomic mass is 16.5. The maximum Gasteiger partial charge on any atom is 0.328 e. The topological polar surface area (TPSA) is 84.9 Å². The van der Waals surface area contributed by atoms with Crippen molar-refractivity contribution in [3.8, 4) is 5.75 Å². The van der Waals surface area contributed by atoms with Crippen LogP contribution in [0.5, 0.6) is 5.75 Å². The van der Waals surface area contributed by atoms with E-state index in [0.29, 0.717) is 13.1 Å². The monoisotopic (exact) mass is 424 g/mol.